The van der Waals surface area contributed by atoms with Gasteiger partial charge < -0.3 is 9.30 Å². The lowest BCUT2D eigenvalue weighted by Crippen LogP contribution is -2.40. The van der Waals surface area contributed by atoms with Crippen molar-refractivity contribution in [1.29, 1.82) is 0 Å². The number of rotatable bonds is 7. The van der Waals surface area contributed by atoms with Gasteiger partial charge in [-0.25, -0.2) is 16.8 Å². The monoisotopic (exact) mass is 543 g/mol. The standard InChI is InChI=1S/C21H25N3O6S4/c1-30-12-11-24-17-6-5-16(33(2,26)27)14-18(17)32-21(24)22-20(25)15-7-9-23(10-8-15)34(28,29)19-4-3-13-31-19/h3-6,13-15H,7-12H2,1-2H3. The fraction of sp³-hybridized carbons (Fsp3) is 0.429. The molecule has 0 N–H and O–H groups in total. The van der Waals surface area contributed by atoms with Gasteiger partial charge in [-0.05, 0) is 42.5 Å². The quantitative estimate of drug-likeness (QED) is 0.452. The van der Waals surface area contributed by atoms with Crippen molar-refractivity contribution in [2.45, 2.75) is 28.5 Å². The highest BCUT2D eigenvalue weighted by Crippen LogP contribution is 2.27. The molecular weight excluding hydrogens is 519 g/mol. The molecule has 1 aliphatic heterocycles. The summed E-state index contributed by atoms with van der Waals surface area (Å²) in [6, 6.07) is 8.14. The zero-order valence-electron chi connectivity index (χ0n) is 18.7. The number of thiophene rings is 1. The van der Waals surface area contributed by atoms with E-state index in [1.165, 1.54) is 27.0 Å². The van der Waals surface area contributed by atoms with Gasteiger partial charge in [0.2, 0.25) is 0 Å². The first-order valence-electron chi connectivity index (χ1n) is 10.6. The number of thiazole rings is 1. The SMILES string of the molecule is COCCn1c(=NC(=O)C2CCN(S(=O)(=O)c3cccs3)CC2)sc2cc(S(C)(=O)=O)ccc21. The Morgan fingerprint density at radius 3 is 2.53 bits per heavy atom. The maximum Gasteiger partial charge on any atom is 0.252 e. The molecule has 1 aromatic carbocycles. The Hall–Kier alpha value is -1.90. The third-order valence-electron chi connectivity index (χ3n) is 5.70. The number of hydrogen-bond donors (Lipinski definition) is 0. The van der Waals surface area contributed by atoms with Gasteiger partial charge in [0.25, 0.3) is 15.9 Å². The molecule has 184 valence electrons. The predicted octanol–water partition coefficient (Wildman–Crippen LogP) is 2.34. The molecule has 2 aromatic heterocycles. The van der Waals surface area contributed by atoms with Crippen molar-refractivity contribution in [3.05, 3.63) is 40.5 Å². The molecule has 0 saturated carbocycles. The molecule has 0 radical (unpaired) electrons. The average Bonchev–Trinajstić information content (AvgIpc) is 3.45. The summed E-state index contributed by atoms with van der Waals surface area (Å²) in [5.41, 5.74) is 0.776. The molecule has 0 atom stereocenters. The van der Waals surface area contributed by atoms with Gasteiger partial charge in [0.15, 0.2) is 14.6 Å². The van der Waals surface area contributed by atoms with Gasteiger partial charge in [0, 0.05) is 38.9 Å². The predicted molar refractivity (Wildman–Crippen MR) is 131 cm³/mol. The highest BCUT2D eigenvalue weighted by molar-refractivity contribution is 7.91. The Balaban J connectivity index is 1.59. The molecule has 3 aromatic rings. The number of amides is 1. The van der Waals surface area contributed by atoms with Crippen LogP contribution in [0.1, 0.15) is 12.8 Å². The number of hydrogen-bond acceptors (Lipinski definition) is 8. The van der Waals surface area contributed by atoms with E-state index >= 15 is 0 Å². The van der Waals surface area contributed by atoms with Crippen molar-refractivity contribution in [2.75, 3.05) is 33.1 Å². The summed E-state index contributed by atoms with van der Waals surface area (Å²) in [5, 5.41) is 1.73. The number of benzene rings is 1. The maximum absolute atomic E-state index is 13.0. The van der Waals surface area contributed by atoms with Crippen molar-refractivity contribution >= 4 is 58.7 Å². The van der Waals surface area contributed by atoms with Crippen LogP contribution in [0.3, 0.4) is 0 Å². The number of sulfonamides is 1. The van der Waals surface area contributed by atoms with Crippen molar-refractivity contribution in [3.8, 4) is 0 Å². The number of carbonyl (C=O) groups is 1. The van der Waals surface area contributed by atoms with E-state index in [1.807, 2.05) is 4.57 Å². The minimum Gasteiger partial charge on any atom is -0.383 e. The van der Waals surface area contributed by atoms with Crippen LogP contribution < -0.4 is 4.80 Å². The lowest BCUT2D eigenvalue weighted by molar-refractivity contribution is -0.122. The van der Waals surface area contributed by atoms with Crippen LogP contribution in [0.15, 0.2) is 49.8 Å². The Kier molecular flexibility index (Phi) is 7.41. The summed E-state index contributed by atoms with van der Waals surface area (Å²) in [6.45, 7) is 1.39. The fourth-order valence-electron chi connectivity index (χ4n) is 3.83. The minimum absolute atomic E-state index is 0.206. The van der Waals surface area contributed by atoms with E-state index < -0.39 is 19.9 Å². The van der Waals surface area contributed by atoms with Crippen LogP contribution in [0.25, 0.3) is 10.2 Å². The van der Waals surface area contributed by atoms with E-state index in [-0.39, 0.29) is 29.8 Å². The van der Waals surface area contributed by atoms with Crippen LogP contribution in [0, 0.1) is 5.92 Å². The van der Waals surface area contributed by atoms with E-state index in [0.717, 1.165) is 11.8 Å². The van der Waals surface area contributed by atoms with Crippen LogP contribution in [0.2, 0.25) is 0 Å². The summed E-state index contributed by atoms with van der Waals surface area (Å²) >= 11 is 2.43. The summed E-state index contributed by atoms with van der Waals surface area (Å²) in [5.74, 6) is -0.670. The van der Waals surface area contributed by atoms with E-state index in [2.05, 4.69) is 4.99 Å². The van der Waals surface area contributed by atoms with E-state index in [1.54, 1.807) is 42.8 Å². The molecule has 34 heavy (non-hydrogen) atoms. The highest BCUT2D eigenvalue weighted by atomic mass is 32.2. The zero-order chi connectivity index (χ0) is 24.5. The molecule has 13 heteroatoms. The molecule has 9 nitrogen and oxygen atoms in total. The molecule has 4 rings (SSSR count). The molecule has 1 amide bonds. The number of aromatic nitrogens is 1. The zero-order valence-corrected chi connectivity index (χ0v) is 22.0. The lowest BCUT2D eigenvalue weighted by atomic mass is 9.98. The van der Waals surface area contributed by atoms with Crippen molar-refractivity contribution < 1.29 is 26.4 Å². The summed E-state index contributed by atoms with van der Waals surface area (Å²) in [4.78, 5) is 18.1. The number of piperidine rings is 1. The van der Waals surface area contributed by atoms with Crippen LogP contribution in [0.4, 0.5) is 0 Å². The average molecular weight is 544 g/mol. The first-order chi connectivity index (χ1) is 16.1. The number of carbonyl (C=O) groups excluding carboxylic acids is 1. The highest BCUT2D eigenvalue weighted by Gasteiger charge is 2.32. The van der Waals surface area contributed by atoms with Crippen LogP contribution in [-0.4, -0.2) is 64.7 Å². The number of nitrogens with zero attached hydrogens (tertiary/aromatic N) is 3. The number of ether oxygens (including phenoxy) is 1. The maximum atomic E-state index is 13.0. The normalized spacial score (nSPS) is 16.9. The van der Waals surface area contributed by atoms with Gasteiger partial charge in [-0.15, -0.1) is 11.3 Å². The van der Waals surface area contributed by atoms with Crippen molar-refractivity contribution in [2.24, 2.45) is 10.9 Å². The van der Waals surface area contributed by atoms with Gasteiger partial charge in [-0.2, -0.15) is 9.30 Å². The molecule has 1 aliphatic rings. The third-order valence-corrected chi connectivity index (χ3v) is 11.1. The first kappa shape index (κ1) is 25.2. The second-order valence-electron chi connectivity index (χ2n) is 7.99. The lowest BCUT2D eigenvalue weighted by Gasteiger charge is -2.29. The topological polar surface area (TPSA) is 115 Å². The molecule has 3 heterocycles. The number of fused-ring (bicyclic) bond motifs is 1. The molecule has 0 spiro atoms. The van der Waals surface area contributed by atoms with Crippen LogP contribution in [-0.2, 0) is 35.9 Å². The van der Waals surface area contributed by atoms with E-state index in [4.69, 9.17) is 4.74 Å². The van der Waals surface area contributed by atoms with Gasteiger partial charge in [0.1, 0.15) is 4.21 Å². The fourth-order valence-corrected chi connectivity index (χ4v) is 8.27. The second kappa shape index (κ2) is 9.99. The Labute approximate surface area is 206 Å². The largest absolute Gasteiger partial charge is 0.383 e. The van der Waals surface area contributed by atoms with Crippen molar-refractivity contribution in [1.82, 2.24) is 8.87 Å². The van der Waals surface area contributed by atoms with E-state index in [0.29, 0.717) is 39.7 Å². The molecule has 1 saturated heterocycles. The summed E-state index contributed by atoms with van der Waals surface area (Å²) in [6.07, 6.45) is 1.95. The van der Waals surface area contributed by atoms with Crippen LogP contribution in [0.5, 0.6) is 0 Å². The number of sulfone groups is 1. The van der Waals surface area contributed by atoms with Gasteiger partial charge in [-0.3, -0.25) is 4.79 Å². The molecular formula is C21H25N3O6S4. The molecule has 1 fully saturated rings. The molecule has 0 aliphatic carbocycles. The Morgan fingerprint density at radius 1 is 1.18 bits per heavy atom. The minimum atomic E-state index is -3.53. The molecule has 0 unspecified atom stereocenters. The number of methoxy groups -OCH3 is 1. The first-order valence-corrected chi connectivity index (χ1v) is 15.6. The van der Waals surface area contributed by atoms with Gasteiger partial charge >= 0.3 is 0 Å². The van der Waals surface area contributed by atoms with Gasteiger partial charge in [0.05, 0.1) is 21.7 Å². The smallest absolute Gasteiger partial charge is 0.252 e. The van der Waals surface area contributed by atoms with Crippen LogP contribution >= 0.6 is 22.7 Å². The van der Waals surface area contributed by atoms with Gasteiger partial charge in [-0.1, -0.05) is 17.4 Å². The second-order valence-corrected chi connectivity index (χ2v) is 14.1. The van der Waals surface area contributed by atoms with E-state index in [9.17, 15) is 21.6 Å². The summed E-state index contributed by atoms with van der Waals surface area (Å²) < 4.78 is 58.8. The Bertz CT molecular complexity index is 1460. The third kappa shape index (κ3) is 5.19. The Morgan fingerprint density at radius 2 is 1.91 bits per heavy atom. The molecule has 0 bridgehead atoms. The summed E-state index contributed by atoms with van der Waals surface area (Å²) in [7, 11) is -5.32. The van der Waals surface area contributed by atoms with Crippen molar-refractivity contribution in [3.63, 3.8) is 0 Å².